The summed E-state index contributed by atoms with van der Waals surface area (Å²) in [5.74, 6) is 0.864. The van der Waals surface area contributed by atoms with E-state index in [1.54, 1.807) is 4.57 Å². The first-order valence-corrected chi connectivity index (χ1v) is 5.99. The third-order valence-corrected chi connectivity index (χ3v) is 3.72. The second-order valence-corrected chi connectivity index (χ2v) is 4.84. The third-order valence-electron chi connectivity index (χ3n) is 3.72. The minimum Gasteiger partial charge on any atom is -0.461 e. The topological polar surface area (TPSA) is 35.1 Å². The van der Waals surface area contributed by atoms with Crippen molar-refractivity contribution in [3.05, 3.63) is 45.4 Å². The molecule has 3 rings (SSSR count). The monoisotopic (exact) mass is 241 g/mol. The van der Waals surface area contributed by atoms with Crippen LogP contribution in [0.4, 0.5) is 0 Å². The number of fused-ring (bicyclic) bond motifs is 3. The van der Waals surface area contributed by atoms with Crippen LogP contribution >= 0.6 is 0 Å². The fraction of sp³-hybridized carbons (Fsp3) is 0.267. The Morgan fingerprint density at radius 1 is 1.06 bits per heavy atom. The molecule has 0 amide bonds. The summed E-state index contributed by atoms with van der Waals surface area (Å²) in [5.41, 5.74) is 3.71. The van der Waals surface area contributed by atoms with Gasteiger partial charge in [-0.1, -0.05) is 0 Å². The number of nitrogens with zero attached hydrogens (tertiary/aromatic N) is 1. The van der Waals surface area contributed by atoms with Crippen molar-refractivity contribution < 1.29 is 4.42 Å². The normalized spacial score (nSPS) is 11.6. The molecule has 0 radical (unpaired) electrons. The number of benzene rings is 1. The van der Waals surface area contributed by atoms with Gasteiger partial charge in [-0.25, -0.2) is 0 Å². The molecule has 0 fully saturated rings. The highest BCUT2D eigenvalue weighted by Gasteiger charge is 2.13. The lowest BCUT2D eigenvalue weighted by atomic mass is 10.0. The highest BCUT2D eigenvalue weighted by atomic mass is 16.3. The zero-order chi connectivity index (χ0) is 13.0. The molecule has 1 aromatic carbocycles. The largest absolute Gasteiger partial charge is 0.461 e. The first kappa shape index (κ1) is 11.1. The number of hydrogen-bond donors (Lipinski definition) is 0. The second kappa shape index (κ2) is 3.48. The molecule has 0 N–H and O–H groups in total. The smallest absolute Gasteiger partial charge is 0.253 e. The molecular weight excluding hydrogens is 226 g/mol. The molecule has 92 valence electrons. The molecule has 2 aromatic heterocycles. The average molecular weight is 241 g/mol. The van der Waals surface area contributed by atoms with E-state index >= 15 is 0 Å². The van der Waals surface area contributed by atoms with Crippen molar-refractivity contribution in [2.24, 2.45) is 7.05 Å². The van der Waals surface area contributed by atoms with Crippen molar-refractivity contribution >= 4 is 21.9 Å². The Hall–Kier alpha value is -2.03. The maximum absolute atomic E-state index is 12.2. The van der Waals surface area contributed by atoms with Crippen molar-refractivity contribution in [1.82, 2.24) is 4.57 Å². The molecule has 0 saturated carbocycles. The first-order chi connectivity index (χ1) is 8.50. The van der Waals surface area contributed by atoms with E-state index in [4.69, 9.17) is 4.42 Å². The average Bonchev–Trinajstić information content (AvgIpc) is 2.72. The van der Waals surface area contributed by atoms with Gasteiger partial charge >= 0.3 is 0 Å². The van der Waals surface area contributed by atoms with Gasteiger partial charge < -0.3 is 8.98 Å². The van der Waals surface area contributed by atoms with Gasteiger partial charge in [-0.3, -0.25) is 4.79 Å². The molecule has 0 aliphatic rings. The van der Waals surface area contributed by atoms with Crippen molar-refractivity contribution in [1.29, 1.82) is 0 Å². The van der Waals surface area contributed by atoms with Crippen LogP contribution in [0.25, 0.3) is 21.9 Å². The summed E-state index contributed by atoms with van der Waals surface area (Å²) < 4.78 is 7.34. The molecule has 0 atom stereocenters. The minimum absolute atomic E-state index is 0.0614. The molecule has 0 saturated heterocycles. The molecular formula is C15H15NO2. The predicted molar refractivity (Wildman–Crippen MR) is 73.2 cm³/mol. The molecule has 0 aliphatic heterocycles. The predicted octanol–water partition coefficient (Wildman–Crippen LogP) is 3.21. The van der Waals surface area contributed by atoms with Crippen molar-refractivity contribution in [2.75, 3.05) is 0 Å². The van der Waals surface area contributed by atoms with Crippen molar-refractivity contribution in [3.8, 4) is 0 Å². The van der Waals surface area contributed by atoms with Crippen molar-refractivity contribution in [3.63, 3.8) is 0 Å². The molecule has 3 aromatic rings. The van der Waals surface area contributed by atoms with Gasteiger partial charge in [0.1, 0.15) is 11.3 Å². The summed E-state index contributed by atoms with van der Waals surface area (Å²) in [6, 6.07) is 6.00. The Labute approximate surface area is 105 Å². The van der Waals surface area contributed by atoms with Gasteiger partial charge in [0.15, 0.2) is 0 Å². The number of rotatable bonds is 0. The van der Waals surface area contributed by atoms with Gasteiger partial charge in [0.25, 0.3) is 5.56 Å². The standard InChI is InChI=1S/C15H15NO2/c1-8-7-12-13(18-8)6-5-11-9(2)10(3)15(17)16(4)14(11)12/h5-7H,1-4H3. The van der Waals surface area contributed by atoms with E-state index in [1.165, 1.54) is 0 Å². The summed E-state index contributed by atoms with van der Waals surface area (Å²) in [7, 11) is 1.82. The molecule has 3 nitrogen and oxygen atoms in total. The number of hydrogen-bond acceptors (Lipinski definition) is 2. The van der Waals surface area contributed by atoms with Gasteiger partial charge in [0, 0.05) is 23.4 Å². The number of aryl methyl sites for hydroxylation is 3. The maximum atomic E-state index is 12.2. The van der Waals surface area contributed by atoms with E-state index in [9.17, 15) is 4.79 Å². The lowest BCUT2D eigenvalue weighted by Gasteiger charge is -2.11. The van der Waals surface area contributed by atoms with Crippen LogP contribution in [0.2, 0.25) is 0 Å². The van der Waals surface area contributed by atoms with Crippen LogP contribution in [0.3, 0.4) is 0 Å². The molecule has 0 bridgehead atoms. The molecule has 2 heterocycles. The van der Waals surface area contributed by atoms with E-state index in [2.05, 4.69) is 0 Å². The summed E-state index contributed by atoms with van der Waals surface area (Å²) in [6.07, 6.45) is 0. The molecule has 0 unspecified atom stereocenters. The Morgan fingerprint density at radius 2 is 1.78 bits per heavy atom. The van der Waals surface area contributed by atoms with Gasteiger partial charge in [-0.05, 0) is 44.5 Å². The highest BCUT2D eigenvalue weighted by Crippen LogP contribution is 2.29. The summed E-state index contributed by atoms with van der Waals surface area (Å²) >= 11 is 0. The highest BCUT2D eigenvalue weighted by molar-refractivity contribution is 6.05. The molecule has 3 heteroatoms. The fourth-order valence-electron chi connectivity index (χ4n) is 2.60. The lowest BCUT2D eigenvalue weighted by Crippen LogP contribution is -2.20. The quantitative estimate of drug-likeness (QED) is 0.605. The van der Waals surface area contributed by atoms with Crippen LogP contribution in [0.1, 0.15) is 16.9 Å². The van der Waals surface area contributed by atoms with Crippen LogP contribution in [0.15, 0.2) is 27.4 Å². The third kappa shape index (κ3) is 1.27. The van der Waals surface area contributed by atoms with Crippen LogP contribution in [-0.4, -0.2) is 4.57 Å². The van der Waals surface area contributed by atoms with E-state index in [1.807, 2.05) is 46.0 Å². The van der Waals surface area contributed by atoms with Gasteiger partial charge in [0.05, 0.1) is 5.52 Å². The summed E-state index contributed by atoms with van der Waals surface area (Å²) in [4.78, 5) is 12.2. The Kier molecular flexibility index (Phi) is 2.14. The Morgan fingerprint density at radius 3 is 2.50 bits per heavy atom. The lowest BCUT2D eigenvalue weighted by molar-refractivity contribution is 0.578. The second-order valence-electron chi connectivity index (χ2n) is 4.84. The van der Waals surface area contributed by atoms with E-state index in [0.717, 1.165) is 38.8 Å². The Bertz CT molecular complexity index is 837. The van der Waals surface area contributed by atoms with Gasteiger partial charge in [0.2, 0.25) is 0 Å². The fourth-order valence-corrected chi connectivity index (χ4v) is 2.60. The van der Waals surface area contributed by atoms with Gasteiger partial charge in [-0.15, -0.1) is 0 Å². The zero-order valence-corrected chi connectivity index (χ0v) is 11.0. The van der Waals surface area contributed by atoms with E-state index < -0.39 is 0 Å². The summed E-state index contributed by atoms with van der Waals surface area (Å²) in [5, 5.41) is 2.12. The van der Waals surface area contributed by atoms with Gasteiger partial charge in [-0.2, -0.15) is 0 Å². The van der Waals surface area contributed by atoms with Crippen LogP contribution < -0.4 is 5.56 Å². The maximum Gasteiger partial charge on any atom is 0.253 e. The zero-order valence-electron chi connectivity index (χ0n) is 11.0. The van der Waals surface area contributed by atoms with E-state index in [0.29, 0.717) is 0 Å². The minimum atomic E-state index is 0.0614. The van der Waals surface area contributed by atoms with E-state index in [-0.39, 0.29) is 5.56 Å². The molecule has 0 spiro atoms. The summed E-state index contributed by atoms with van der Waals surface area (Å²) in [6.45, 7) is 5.80. The van der Waals surface area contributed by atoms with Crippen molar-refractivity contribution in [2.45, 2.75) is 20.8 Å². The molecule has 18 heavy (non-hydrogen) atoms. The number of furan rings is 1. The Balaban J connectivity index is 2.70. The number of aromatic nitrogens is 1. The number of pyridine rings is 1. The SMILES string of the molecule is Cc1cc2c(ccc3c(C)c(C)c(=O)n(C)c32)o1. The molecule has 0 aliphatic carbocycles. The first-order valence-electron chi connectivity index (χ1n) is 5.99. The van der Waals surface area contributed by atoms with Crippen LogP contribution in [-0.2, 0) is 7.05 Å². The van der Waals surface area contributed by atoms with Crippen LogP contribution in [0.5, 0.6) is 0 Å². The van der Waals surface area contributed by atoms with Crippen LogP contribution in [0, 0.1) is 20.8 Å².